The van der Waals surface area contributed by atoms with E-state index in [4.69, 9.17) is 23.7 Å². The Morgan fingerprint density at radius 1 is 0.846 bits per heavy atom. The molecule has 2 saturated heterocycles. The first-order valence-electron chi connectivity index (χ1n) is 16.2. The fourth-order valence-electron chi connectivity index (χ4n) is 5.72. The van der Waals surface area contributed by atoms with E-state index in [9.17, 15) is 43.0 Å². The van der Waals surface area contributed by atoms with Crippen molar-refractivity contribution in [2.24, 2.45) is 0 Å². The molecule has 4 rings (SSSR count). The summed E-state index contributed by atoms with van der Waals surface area (Å²) in [6.07, 6.45) is -15.4. The Morgan fingerprint density at radius 2 is 1.42 bits per heavy atom. The molecule has 2 aromatic rings. The number of benzene rings is 1. The molecule has 0 aliphatic carbocycles. The van der Waals surface area contributed by atoms with Crippen LogP contribution in [0.3, 0.4) is 0 Å². The first-order chi connectivity index (χ1) is 24.5. The van der Waals surface area contributed by atoms with Gasteiger partial charge in [-0.2, -0.15) is 0 Å². The van der Waals surface area contributed by atoms with Crippen molar-refractivity contribution in [3.63, 3.8) is 0 Å². The highest BCUT2D eigenvalue weighted by atomic mass is 32.2. The van der Waals surface area contributed by atoms with Crippen molar-refractivity contribution in [2.75, 3.05) is 53.7 Å². The minimum atomic E-state index is -4.36. The maximum Gasteiger partial charge on any atom is 0.252 e. The molecule has 2 aliphatic rings. The van der Waals surface area contributed by atoms with Crippen LogP contribution < -0.4 is 10.6 Å². The molecule has 21 nitrogen and oxygen atoms in total. The molecule has 2 amide bonds. The first-order valence-corrected chi connectivity index (χ1v) is 17.8. The molecule has 0 bridgehead atoms. The van der Waals surface area contributed by atoms with Crippen LogP contribution >= 0.6 is 0 Å². The number of rotatable bonds is 16. The minimum Gasteiger partial charge on any atom is -0.748 e. The van der Waals surface area contributed by atoms with Crippen LogP contribution in [0.4, 0.5) is 0 Å². The van der Waals surface area contributed by atoms with Crippen molar-refractivity contribution < 1.29 is 71.2 Å². The highest BCUT2D eigenvalue weighted by Gasteiger charge is 2.54. The average Bonchev–Trinajstić information content (AvgIpc) is 3.10. The maximum atomic E-state index is 13.5. The van der Waals surface area contributed by atoms with Crippen molar-refractivity contribution in [3.05, 3.63) is 36.2 Å². The van der Waals surface area contributed by atoms with E-state index < -0.39 is 89.1 Å². The van der Waals surface area contributed by atoms with Gasteiger partial charge in [0.15, 0.2) is 31.1 Å². The summed E-state index contributed by atoms with van der Waals surface area (Å²) in [5.74, 6) is -1.78. The Kier molecular flexibility index (Phi) is 14.4. The Hall–Kier alpha value is -3.39. The predicted octanol–water partition coefficient (Wildman–Crippen LogP) is -4.38. The number of nitrogens with one attached hydrogen (secondary N) is 2. The number of aliphatic hydroxyl groups excluding tert-OH is 4. The summed E-state index contributed by atoms with van der Waals surface area (Å²) in [6.45, 7) is 0.707. The molecule has 3 heterocycles. The minimum absolute atomic E-state index is 0.0135. The van der Waals surface area contributed by atoms with E-state index in [2.05, 4.69) is 31.0 Å². The van der Waals surface area contributed by atoms with Gasteiger partial charge < -0.3 is 63.8 Å². The molecule has 6 N–H and O–H groups in total. The van der Waals surface area contributed by atoms with Crippen LogP contribution in [0.5, 0.6) is 0 Å². The third-order valence-electron chi connectivity index (χ3n) is 8.66. The fraction of sp³-hybridized carbons (Fsp3) is 0.667. The monoisotopic (exact) mass is 759 g/mol. The topological polar surface area (TPSA) is 294 Å². The van der Waals surface area contributed by atoms with E-state index in [0.717, 1.165) is 0 Å². The van der Waals surface area contributed by atoms with Gasteiger partial charge in [-0.05, 0) is 5.56 Å². The van der Waals surface area contributed by atoms with Gasteiger partial charge >= 0.3 is 0 Å². The summed E-state index contributed by atoms with van der Waals surface area (Å²) in [7, 11) is 1.58. The van der Waals surface area contributed by atoms with Crippen LogP contribution in [0.25, 0.3) is 11.4 Å². The molecule has 22 heteroatoms. The zero-order valence-electron chi connectivity index (χ0n) is 28.9. The van der Waals surface area contributed by atoms with Crippen LogP contribution in [-0.2, 0) is 49.9 Å². The van der Waals surface area contributed by atoms with Gasteiger partial charge in [-0.15, -0.1) is 20.4 Å². The van der Waals surface area contributed by atoms with Crippen LogP contribution in [0.2, 0.25) is 0 Å². The van der Waals surface area contributed by atoms with E-state index >= 15 is 0 Å². The van der Waals surface area contributed by atoms with Crippen LogP contribution in [0.1, 0.15) is 12.0 Å². The van der Waals surface area contributed by atoms with Crippen molar-refractivity contribution >= 4 is 21.9 Å². The summed E-state index contributed by atoms with van der Waals surface area (Å²) >= 11 is 0. The lowest BCUT2D eigenvalue weighted by molar-refractivity contribution is -0.889. The summed E-state index contributed by atoms with van der Waals surface area (Å²) in [6, 6.07) is 6.79. The van der Waals surface area contributed by atoms with Crippen molar-refractivity contribution in [1.29, 1.82) is 0 Å². The standard InChI is InChI=1S/C30H45N7O14S/c1-37(2,11-5-13-52(44,45)46)12-10-31-27(42)24-22(47-3)18(38)21(41)30(51-24)49-23-19(39)20(40)29(48-4)50-25(23)28(43)32-14-16-6-8-17(9-7-16)26-35-33-15-34-36-26/h6-9,15,18-25,29-30,38-41H,5,10-14H2,1-4H3,(H2-,31,32,42,43,44,45,46)/t18-,19-,20-,21-,22+,23+,24?,25?,29?,30?/m1/s1. The number of nitrogens with zero attached hydrogens (tertiary/aromatic N) is 5. The highest BCUT2D eigenvalue weighted by Crippen LogP contribution is 2.30. The van der Waals surface area contributed by atoms with E-state index in [1.165, 1.54) is 20.5 Å². The zero-order chi connectivity index (χ0) is 38.2. The number of aromatic nitrogens is 4. The molecule has 0 radical (unpaired) electrons. The number of quaternary nitrogens is 1. The Labute approximate surface area is 299 Å². The number of ether oxygens (including phenoxy) is 5. The van der Waals surface area contributed by atoms with Crippen molar-refractivity contribution in [1.82, 2.24) is 31.0 Å². The van der Waals surface area contributed by atoms with Gasteiger partial charge in [-0.3, -0.25) is 9.59 Å². The molecule has 0 saturated carbocycles. The molecule has 0 spiro atoms. The highest BCUT2D eigenvalue weighted by molar-refractivity contribution is 7.85. The number of hydrogen-bond donors (Lipinski definition) is 6. The van der Waals surface area contributed by atoms with Gasteiger partial charge in [0.1, 0.15) is 36.6 Å². The van der Waals surface area contributed by atoms with Crippen LogP contribution in [0, 0.1) is 0 Å². The van der Waals surface area contributed by atoms with Crippen LogP contribution in [-0.4, -0.2) is 185 Å². The zero-order valence-corrected chi connectivity index (χ0v) is 29.7. The Balaban J connectivity index is 1.43. The quantitative estimate of drug-likeness (QED) is 0.0696. The number of hydrogen-bond acceptors (Lipinski definition) is 18. The lowest BCUT2D eigenvalue weighted by Crippen LogP contribution is -2.67. The van der Waals surface area contributed by atoms with Crippen LogP contribution in [0.15, 0.2) is 30.6 Å². The SMILES string of the molecule is COC1OC(C(=O)NCc2ccc(-c3nncnn3)cc2)[C@@H](OC2OC(C(=O)NCC[N+](C)(C)CCCS(=O)(=O)[O-])[C@@H](OC)[C@H](O)[C@H]2O)[C@H](O)[C@H]1O. The number of carbonyl (C=O) groups is 2. The molecular formula is C30H45N7O14S. The van der Waals surface area contributed by atoms with Crippen molar-refractivity contribution in [3.8, 4) is 11.4 Å². The van der Waals surface area contributed by atoms with Gasteiger partial charge in [0.05, 0.1) is 43.8 Å². The maximum absolute atomic E-state index is 13.5. The number of aliphatic hydroxyl groups is 4. The molecule has 52 heavy (non-hydrogen) atoms. The number of amides is 2. The second kappa shape index (κ2) is 18.1. The van der Waals surface area contributed by atoms with Crippen molar-refractivity contribution in [2.45, 2.75) is 74.4 Å². The van der Waals surface area contributed by atoms with E-state index in [1.54, 1.807) is 38.4 Å². The third kappa shape index (κ3) is 10.8. The van der Waals surface area contributed by atoms with E-state index in [1.807, 2.05) is 0 Å². The van der Waals surface area contributed by atoms with Gasteiger partial charge in [0.25, 0.3) is 11.8 Å². The van der Waals surface area contributed by atoms with Gasteiger partial charge in [0, 0.05) is 38.5 Å². The lowest BCUT2D eigenvalue weighted by Gasteiger charge is -2.46. The van der Waals surface area contributed by atoms with Gasteiger partial charge in [-0.25, -0.2) is 8.42 Å². The number of likely N-dealkylation sites (N-methyl/N-ethyl adjacent to an activating group) is 1. The van der Waals surface area contributed by atoms with E-state index in [-0.39, 0.29) is 24.0 Å². The molecule has 1 aromatic heterocycles. The molecular weight excluding hydrogens is 714 g/mol. The summed E-state index contributed by atoms with van der Waals surface area (Å²) < 4.78 is 60.7. The molecule has 2 aliphatic heterocycles. The fourth-order valence-corrected chi connectivity index (χ4v) is 6.20. The molecule has 10 atom stereocenters. The first kappa shape index (κ1) is 41.4. The average molecular weight is 760 g/mol. The van der Waals surface area contributed by atoms with Gasteiger partial charge in [-0.1, -0.05) is 24.3 Å². The summed E-state index contributed by atoms with van der Waals surface area (Å²) in [4.78, 5) is 26.8. The van der Waals surface area contributed by atoms with E-state index in [0.29, 0.717) is 30.0 Å². The lowest BCUT2D eigenvalue weighted by atomic mass is 9.95. The Morgan fingerprint density at radius 3 is 2.04 bits per heavy atom. The second-order valence-electron chi connectivity index (χ2n) is 12.9. The predicted molar refractivity (Wildman–Crippen MR) is 173 cm³/mol. The molecule has 1 aromatic carbocycles. The summed E-state index contributed by atoms with van der Waals surface area (Å²) in [5.41, 5.74) is 1.28. The Bertz CT molecular complexity index is 1580. The largest absolute Gasteiger partial charge is 0.748 e. The van der Waals surface area contributed by atoms with Gasteiger partial charge in [0.2, 0.25) is 5.82 Å². The number of methoxy groups -OCH3 is 2. The number of carbonyl (C=O) groups excluding carboxylic acids is 2. The second-order valence-corrected chi connectivity index (χ2v) is 14.4. The smallest absolute Gasteiger partial charge is 0.252 e. The normalized spacial score (nSPS) is 29.7. The summed E-state index contributed by atoms with van der Waals surface area (Å²) in [5, 5.41) is 64.0. The molecule has 290 valence electrons. The molecule has 4 unspecified atom stereocenters. The third-order valence-corrected chi connectivity index (χ3v) is 9.45. The molecule has 2 fully saturated rings.